The van der Waals surface area contributed by atoms with Crippen molar-refractivity contribution in [2.24, 2.45) is 0 Å². The molecule has 0 fully saturated rings. The molecule has 1 aromatic rings. The molecule has 0 aliphatic heterocycles. The number of hydrogen-bond donors (Lipinski definition) is 2. The van der Waals surface area contributed by atoms with Gasteiger partial charge in [0.25, 0.3) is 0 Å². The molecule has 0 heterocycles. The Morgan fingerprint density at radius 3 is 2.57 bits per heavy atom. The molecule has 1 aromatic carbocycles. The molecule has 3 nitrogen and oxygen atoms in total. The van der Waals surface area contributed by atoms with Crippen molar-refractivity contribution in [2.75, 3.05) is 6.54 Å². The summed E-state index contributed by atoms with van der Waals surface area (Å²) in [6.07, 6.45) is 0.0984. The highest BCUT2D eigenvalue weighted by molar-refractivity contribution is 5.66. The van der Waals surface area contributed by atoms with Gasteiger partial charge in [0.05, 0.1) is 6.42 Å². The molecule has 0 unspecified atom stereocenters. The number of hydrogen-bond acceptors (Lipinski definition) is 2. The second kappa shape index (κ2) is 5.34. The van der Waals surface area contributed by atoms with E-state index in [4.69, 9.17) is 5.11 Å². The van der Waals surface area contributed by atoms with Crippen LogP contribution in [-0.4, -0.2) is 17.6 Å². The Morgan fingerprint density at radius 2 is 2.00 bits per heavy atom. The number of carboxylic acid groups (broad SMARTS) is 1. The molecule has 0 aliphatic carbocycles. The molecule has 0 atom stereocenters. The van der Waals surface area contributed by atoms with Gasteiger partial charge in [-0.2, -0.15) is 0 Å². The first-order valence-corrected chi connectivity index (χ1v) is 4.35. The molecule has 0 bridgehead atoms. The van der Waals surface area contributed by atoms with E-state index < -0.39 is 5.97 Å². The highest BCUT2D eigenvalue weighted by atomic mass is 19.1. The van der Waals surface area contributed by atoms with Crippen LogP contribution in [-0.2, 0) is 11.3 Å². The number of nitrogens with one attached hydrogen (secondary N) is 1. The molecule has 0 radical (unpaired) electrons. The van der Waals surface area contributed by atoms with Gasteiger partial charge in [0.15, 0.2) is 0 Å². The molecular formula is C10H12FNO2. The molecule has 0 saturated heterocycles. The average molecular weight is 197 g/mol. The lowest BCUT2D eigenvalue weighted by Crippen LogP contribution is -2.17. The van der Waals surface area contributed by atoms with E-state index in [2.05, 4.69) is 5.32 Å². The van der Waals surface area contributed by atoms with Crippen LogP contribution in [0.5, 0.6) is 0 Å². The van der Waals surface area contributed by atoms with Gasteiger partial charge < -0.3 is 10.4 Å². The van der Waals surface area contributed by atoms with Crippen LogP contribution in [0.25, 0.3) is 0 Å². The van der Waals surface area contributed by atoms with Gasteiger partial charge in [0, 0.05) is 13.1 Å². The minimum atomic E-state index is -0.823. The monoisotopic (exact) mass is 197 g/mol. The van der Waals surface area contributed by atoms with E-state index in [1.165, 1.54) is 12.1 Å². The number of rotatable bonds is 5. The quantitative estimate of drug-likeness (QED) is 0.701. The van der Waals surface area contributed by atoms with Gasteiger partial charge in [-0.3, -0.25) is 4.79 Å². The first-order chi connectivity index (χ1) is 6.68. The number of carboxylic acids is 1. The Morgan fingerprint density at radius 1 is 1.36 bits per heavy atom. The van der Waals surface area contributed by atoms with Gasteiger partial charge in [-0.1, -0.05) is 12.1 Å². The molecule has 0 aliphatic rings. The third kappa shape index (κ3) is 4.00. The van der Waals surface area contributed by atoms with Gasteiger partial charge in [0.2, 0.25) is 0 Å². The first kappa shape index (κ1) is 10.7. The van der Waals surface area contributed by atoms with Gasteiger partial charge >= 0.3 is 5.97 Å². The molecule has 0 saturated carbocycles. The molecule has 14 heavy (non-hydrogen) atoms. The van der Waals surface area contributed by atoms with Crippen LogP contribution in [0.1, 0.15) is 12.0 Å². The second-order valence-corrected chi connectivity index (χ2v) is 2.95. The molecule has 0 aromatic heterocycles. The number of aliphatic carboxylic acids is 1. The number of carbonyl (C=O) groups is 1. The highest BCUT2D eigenvalue weighted by Crippen LogP contribution is 2.01. The Balaban J connectivity index is 2.25. The van der Waals surface area contributed by atoms with E-state index >= 15 is 0 Å². The average Bonchev–Trinajstić information content (AvgIpc) is 2.15. The lowest BCUT2D eigenvalue weighted by Gasteiger charge is -2.02. The topological polar surface area (TPSA) is 49.3 Å². The summed E-state index contributed by atoms with van der Waals surface area (Å²) < 4.78 is 12.5. The predicted octanol–water partition coefficient (Wildman–Crippen LogP) is 1.39. The Kier molecular flexibility index (Phi) is 4.07. The molecule has 0 spiro atoms. The molecule has 1 rings (SSSR count). The summed E-state index contributed by atoms with van der Waals surface area (Å²) in [5, 5.41) is 11.3. The normalized spacial score (nSPS) is 10.1. The summed E-state index contributed by atoms with van der Waals surface area (Å²) in [5.74, 6) is -1.09. The van der Waals surface area contributed by atoms with Crippen LogP contribution in [0.2, 0.25) is 0 Å². The predicted molar refractivity (Wildman–Crippen MR) is 50.4 cm³/mol. The van der Waals surface area contributed by atoms with E-state index in [1.54, 1.807) is 12.1 Å². The molecule has 0 amide bonds. The van der Waals surface area contributed by atoms with Gasteiger partial charge in [-0.15, -0.1) is 0 Å². The van der Waals surface area contributed by atoms with Crippen LogP contribution in [0.4, 0.5) is 4.39 Å². The maximum Gasteiger partial charge on any atom is 0.304 e. The first-order valence-electron chi connectivity index (χ1n) is 4.35. The number of benzene rings is 1. The van der Waals surface area contributed by atoms with Crippen molar-refractivity contribution >= 4 is 5.97 Å². The van der Waals surface area contributed by atoms with Gasteiger partial charge in [-0.25, -0.2) is 4.39 Å². The van der Waals surface area contributed by atoms with Crippen LogP contribution in [0.3, 0.4) is 0 Å². The minimum Gasteiger partial charge on any atom is -0.481 e. The van der Waals surface area contributed by atoms with Crippen LogP contribution >= 0.6 is 0 Å². The minimum absolute atomic E-state index is 0.0984. The maximum atomic E-state index is 12.5. The molecular weight excluding hydrogens is 185 g/mol. The van der Waals surface area contributed by atoms with Gasteiger partial charge in [0.1, 0.15) is 5.82 Å². The van der Waals surface area contributed by atoms with Crippen molar-refractivity contribution in [2.45, 2.75) is 13.0 Å². The Hall–Kier alpha value is -1.42. The summed E-state index contributed by atoms with van der Waals surface area (Å²) >= 11 is 0. The smallest absolute Gasteiger partial charge is 0.304 e. The highest BCUT2D eigenvalue weighted by Gasteiger charge is 1.96. The van der Waals surface area contributed by atoms with Crippen molar-refractivity contribution in [3.63, 3.8) is 0 Å². The zero-order chi connectivity index (χ0) is 10.4. The lowest BCUT2D eigenvalue weighted by atomic mass is 10.2. The Labute approximate surface area is 81.6 Å². The Bertz CT molecular complexity index is 297. The zero-order valence-electron chi connectivity index (χ0n) is 7.66. The fraction of sp³-hybridized carbons (Fsp3) is 0.300. The molecule has 76 valence electrons. The van der Waals surface area contributed by atoms with E-state index in [9.17, 15) is 9.18 Å². The van der Waals surface area contributed by atoms with Crippen LogP contribution in [0, 0.1) is 5.82 Å². The standard InChI is InChI=1S/C10H12FNO2/c11-9-3-1-8(2-4-9)7-12-6-5-10(13)14/h1-4,12H,5-7H2,(H,13,14). The third-order valence-corrected chi connectivity index (χ3v) is 1.76. The fourth-order valence-electron chi connectivity index (χ4n) is 1.03. The fourth-order valence-corrected chi connectivity index (χ4v) is 1.03. The second-order valence-electron chi connectivity index (χ2n) is 2.95. The lowest BCUT2D eigenvalue weighted by molar-refractivity contribution is -0.136. The van der Waals surface area contributed by atoms with E-state index in [0.717, 1.165) is 5.56 Å². The van der Waals surface area contributed by atoms with Crippen molar-refractivity contribution in [1.29, 1.82) is 0 Å². The van der Waals surface area contributed by atoms with Gasteiger partial charge in [-0.05, 0) is 17.7 Å². The molecule has 2 N–H and O–H groups in total. The van der Waals surface area contributed by atoms with Crippen molar-refractivity contribution in [3.8, 4) is 0 Å². The maximum absolute atomic E-state index is 12.5. The van der Waals surface area contributed by atoms with E-state index in [0.29, 0.717) is 13.1 Å². The van der Waals surface area contributed by atoms with E-state index in [1.807, 2.05) is 0 Å². The summed E-state index contributed by atoms with van der Waals surface area (Å²) in [7, 11) is 0. The summed E-state index contributed by atoms with van der Waals surface area (Å²) in [4.78, 5) is 10.2. The SMILES string of the molecule is O=C(O)CCNCc1ccc(F)cc1. The van der Waals surface area contributed by atoms with Crippen LogP contribution in [0.15, 0.2) is 24.3 Å². The number of halogens is 1. The largest absolute Gasteiger partial charge is 0.481 e. The molecule has 4 heteroatoms. The van der Waals surface area contributed by atoms with Crippen molar-refractivity contribution < 1.29 is 14.3 Å². The van der Waals surface area contributed by atoms with Crippen molar-refractivity contribution in [3.05, 3.63) is 35.6 Å². The summed E-state index contributed by atoms with van der Waals surface area (Å²) in [6.45, 7) is 0.986. The van der Waals surface area contributed by atoms with Crippen molar-refractivity contribution in [1.82, 2.24) is 5.32 Å². The third-order valence-electron chi connectivity index (χ3n) is 1.76. The van der Waals surface area contributed by atoms with Crippen LogP contribution < -0.4 is 5.32 Å². The summed E-state index contributed by atoms with van der Waals surface area (Å²) in [6, 6.07) is 6.11. The summed E-state index contributed by atoms with van der Waals surface area (Å²) in [5.41, 5.74) is 0.941. The van der Waals surface area contributed by atoms with E-state index in [-0.39, 0.29) is 12.2 Å². The zero-order valence-corrected chi connectivity index (χ0v) is 7.66.